The maximum atomic E-state index is 12.8. The largest absolute Gasteiger partial charge is 0.334 e. The van der Waals surface area contributed by atoms with Crippen molar-refractivity contribution < 1.29 is 4.79 Å². The predicted octanol–water partition coefficient (Wildman–Crippen LogP) is 0.985. The molecule has 1 atom stereocenters. The van der Waals surface area contributed by atoms with Crippen LogP contribution in [0.4, 0.5) is 0 Å². The number of hydrogen-bond donors (Lipinski definition) is 1. The Balaban J connectivity index is 0.00000176. The number of amides is 1. The first kappa shape index (κ1) is 17.3. The molecular weight excluding hydrogens is 324 g/mol. The van der Waals surface area contributed by atoms with Gasteiger partial charge in [-0.1, -0.05) is 18.7 Å². The molecule has 122 valence electrons. The Labute approximate surface area is 140 Å². The lowest BCUT2D eigenvalue weighted by atomic mass is 10.1. The standard InChI is InChI=1S/C14H20N4O2S.ClH/c1-2-5-17(10-3-4-15-8-10)12(19)11-9-16-14-18(13(11)20)6-7-21-14;/h9-10,15H,2-8H2,1H3;1H. The van der Waals surface area contributed by atoms with Crippen LogP contribution >= 0.6 is 24.2 Å². The molecule has 0 aromatic carbocycles. The van der Waals surface area contributed by atoms with Crippen molar-refractivity contribution in [2.45, 2.75) is 37.5 Å². The van der Waals surface area contributed by atoms with E-state index in [1.807, 2.05) is 11.8 Å². The number of halogens is 1. The zero-order valence-electron chi connectivity index (χ0n) is 12.6. The van der Waals surface area contributed by atoms with Crippen LogP contribution in [0, 0.1) is 0 Å². The molecule has 1 saturated heterocycles. The van der Waals surface area contributed by atoms with Crippen LogP contribution in [0.1, 0.15) is 30.1 Å². The van der Waals surface area contributed by atoms with Crippen LogP contribution < -0.4 is 10.9 Å². The van der Waals surface area contributed by atoms with E-state index in [1.165, 1.54) is 6.20 Å². The number of thioether (sulfide) groups is 1. The van der Waals surface area contributed by atoms with Gasteiger partial charge in [0.05, 0.1) is 0 Å². The maximum Gasteiger partial charge on any atom is 0.267 e. The Hall–Kier alpha value is -1.05. The summed E-state index contributed by atoms with van der Waals surface area (Å²) in [5, 5.41) is 4.00. The van der Waals surface area contributed by atoms with Gasteiger partial charge in [0.2, 0.25) is 0 Å². The highest BCUT2D eigenvalue weighted by Gasteiger charge is 2.29. The minimum atomic E-state index is -0.193. The van der Waals surface area contributed by atoms with Gasteiger partial charge in [0.25, 0.3) is 11.5 Å². The number of nitrogens with zero attached hydrogens (tertiary/aromatic N) is 3. The summed E-state index contributed by atoms with van der Waals surface area (Å²) in [4.78, 5) is 31.4. The first-order valence-electron chi connectivity index (χ1n) is 7.46. The zero-order chi connectivity index (χ0) is 14.8. The quantitative estimate of drug-likeness (QED) is 0.825. The van der Waals surface area contributed by atoms with E-state index in [0.29, 0.717) is 13.1 Å². The summed E-state index contributed by atoms with van der Waals surface area (Å²) >= 11 is 1.56. The summed E-state index contributed by atoms with van der Waals surface area (Å²) in [7, 11) is 0. The van der Waals surface area contributed by atoms with Crippen molar-refractivity contribution in [1.82, 2.24) is 19.8 Å². The van der Waals surface area contributed by atoms with Crippen LogP contribution in [-0.4, -0.2) is 51.8 Å². The number of carbonyl (C=O) groups is 1. The molecule has 2 aliphatic heterocycles. The van der Waals surface area contributed by atoms with E-state index in [9.17, 15) is 9.59 Å². The first-order valence-corrected chi connectivity index (χ1v) is 8.45. The summed E-state index contributed by atoms with van der Waals surface area (Å²) in [6, 6.07) is 0.185. The van der Waals surface area contributed by atoms with Crippen molar-refractivity contribution in [3.63, 3.8) is 0 Å². The van der Waals surface area contributed by atoms with Gasteiger partial charge < -0.3 is 10.2 Å². The lowest BCUT2D eigenvalue weighted by molar-refractivity contribution is 0.0689. The highest BCUT2D eigenvalue weighted by molar-refractivity contribution is 7.99. The third kappa shape index (κ3) is 3.16. The third-order valence-electron chi connectivity index (χ3n) is 3.99. The van der Waals surface area contributed by atoms with Crippen molar-refractivity contribution >= 4 is 30.1 Å². The average molecular weight is 345 g/mol. The third-order valence-corrected chi connectivity index (χ3v) is 4.96. The van der Waals surface area contributed by atoms with Gasteiger partial charge in [-0.25, -0.2) is 4.98 Å². The number of hydrogen-bond acceptors (Lipinski definition) is 5. The topological polar surface area (TPSA) is 67.2 Å². The van der Waals surface area contributed by atoms with Crippen LogP contribution in [-0.2, 0) is 6.54 Å². The first-order chi connectivity index (χ1) is 10.2. The lowest BCUT2D eigenvalue weighted by Crippen LogP contribution is -2.44. The van der Waals surface area contributed by atoms with Crippen LogP contribution in [0.3, 0.4) is 0 Å². The number of rotatable bonds is 4. The van der Waals surface area contributed by atoms with Gasteiger partial charge in [-0.2, -0.15) is 0 Å². The molecule has 6 nitrogen and oxygen atoms in total. The van der Waals surface area contributed by atoms with E-state index in [-0.39, 0.29) is 35.5 Å². The van der Waals surface area contributed by atoms with Crippen LogP contribution in [0.15, 0.2) is 16.1 Å². The Morgan fingerprint density at radius 1 is 1.59 bits per heavy atom. The Kier molecular flexibility index (Phi) is 5.88. The average Bonchev–Trinajstić information content (AvgIpc) is 3.15. The smallest absolute Gasteiger partial charge is 0.267 e. The van der Waals surface area contributed by atoms with E-state index in [0.717, 1.165) is 36.8 Å². The summed E-state index contributed by atoms with van der Waals surface area (Å²) < 4.78 is 1.62. The van der Waals surface area contributed by atoms with E-state index < -0.39 is 0 Å². The molecule has 3 rings (SSSR count). The van der Waals surface area contributed by atoms with Crippen molar-refractivity contribution in [2.24, 2.45) is 0 Å². The van der Waals surface area contributed by atoms with Crippen LogP contribution in [0.5, 0.6) is 0 Å². The molecule has 1 N–H and O–H groups in total. The molecule has 0 aliphatic carbocycles. The lowest BCUT2D eigenvalue weighted by Gasteiger charge is -2.28. The highest BCUT2D eigenvalue weighted by atomic mass is 35.5. The number of fused-ring (bicyclic) bond motifs is 1. The zero-order valence-corrected chi connectivity index (χ0v) is 14.2. The molecule has 0 radical (unpaired) electrons. The molecule has 3 heterocycles. The van der Waals surface area contributed by atoms with Crippen LogP contribution in [0.2, 0.25) is 0 Å². The van der Waals surface area contributed by atoms with Gasteiger partial charge in [-0.15, -0.1) is 12.4 Å². The monoisotopic (exact) mass is 344 g/mol. The fraction of sp³-hybridized carbons (Fsp3) is 0.643. The SMILES string of the molecule is CCCN(C(=O)c1cnc2n(c1=O)CCS2)C1CCNC1.Cl. The molecule has 1 unspecified atom stereocenters. The van der Waals surface area contributed by atoms with Crippen molar-refractivity contribution in [3.8, 4) is 0 Å². The van der Waals surface area contributed by atoms with Gasteiger partial charge in [0.15, 0.2) is 5.16 Å². The minimum Gasteiger partial charge on any atom is -0.334 e. The number of aromatic nitrogens is 2. The minimum absolute atomic E-state index is 0. The van der Waals surface area contributed by atoms with E-state index in [2.05, 4.69) is 10.3 Å². The summed E-state index contributed by atoms with van der Waals surface area (Å²) in [5.74, 6) is 0.681. The molecule has 1 amide bonds. The number of nitrogens with one attached hydrogen (secondary N) is 1. The van der Waals surface area contributed by atoms with Crippen molar-refractivity contribution in [2.75, 3.05) is 25.4 Å². The normalized spacial score (nSPS) is 19.6. The summed E-state index contributed by atoms with van der Waals surface area (Å²) in [6.45, 7) is 5.11. The Morgan fingerprint density at radius 2 is 2.41 bits per heavy atom. The Bertz CT molecular complexity index is 601. The van der Waals surface area contributed by atoms with Gasteiger partial charge in [-0.05, 0) is 19.4 Å². The molecule has 1 aromatic rings. The van der Waals surface area contributed by atoms with Gasteiger partial charge >= 0.3 is 0 Å². The molecular formula is C14H21ClN4O2S. The maximum absolute atomic E-state index is 12.8. The summed E-state index contributed by atoms with van der Waals surface area (Å²) in [6.07, 6.45) is 3.29. The molecule has 0 saturated carbocycles. The Morgan fingerprint density at radius 3 is 3.09 bits per heavy atom. The molecule has 22 heavy (non-hydrogen) atoms. The fourth-order valence-corrected chi connectivity index (χ4v) is 3.83. The molecule has 1 aromatic heterocycles. The molecule has 8 heteroatoms. The van der Waals surface area contributed by atoms with E-state index in [4.69, 9.17) is 0 Å². The second-order valence-electron chi connectivity index (χ2n) is 5.40. The summed E-state index contributed by atoms with van der Waals surface area (Å²) in [5.41, 5.74) is 0.0173. The van der Waals surface area contributed by atoms with Crippen LogP contribution in [0.25, 0.3) is 0 Å². The fourth-order valence-electron chi connectivity index (χ4n) is 2.92. The van der Waals surface area contributed by atoms with E-state index in [1.54, 1.807) is 16.3 Å². The van der Waals surface area contributed by atoms with Gasteiger partial charge in [-0.3, -0.25) is 14.2 Å². The molecule has 1 fully saturated rings. The molecule has 0 spiro atoms. The highest BCUT2D eigenvalue weighted by Crippen LogP contribution is 2.21. The molecule has 2 aliphatic rings. The van der Waals surface area contributed by atoms with Crippen molar-refractivity contribution in [1.29, 1.82) is 0 Å². The second-order valence-corrected chi connectivity index (χ2v) is 6.47. The van der Waals surface area contributed by atoms with Gasteiger partial charge in [0, 0.05) is 37.6 Å². The number of carbonyl (C=O) groups excluding carboxylic acids is 1. The van der Waals surface area contributed by atoms with Gasteiger partial charge in [0.1, 0.15) is 5.56 Å². The van der Waals surface area contributed by atoms with E-state index >= 15 is 0 Å². The second kappa shape index (κ2) is 7.48. The molecule has 0 bridgehead atoms. The van der Waals surface area contributed by atoms with Crippen molar-refractivity contribution in [3.05, 3.63) is 22.1 Å². The predicted molar refractivity (Wildman–Crippen MR) is 89.1 cm³/mol.